The number of rotatable bonds is 5. The number of methoxy groups -OCH3 is 1. The van der Waals surface area contributed by atoms with Gasteiger partial charge < -0.3 is 9.30 Å². The number of benzene rings is 1. The van der Waals surface area contributed by atoms with E-state index < -0.39 is 0 Å². The molecule has 102 valence electrons. The van der Waals surface area contributed by atoms with Crippen LogP contribution in [0.2, 0.25) is 0 Å². The summed E-state index contributed by atoms with van der Waals surface area (Å²) in [5.41, 5.74) is 3.09. The molecule has 0 aliphatic carbocycles. The van der Waals surface area contributed by atoms with E-state index in [0.717, 1.165) is 31.3 Å². The van der Waals surface area contributed by atoms with Crippen molar-refractivity contribution in [3.05, 3.63) is 35.5 Å². The van der Waals surface area contributed by atoms with Gasteiger partial charge in [-0.3, -0.25) is 0 Å². The van der Waals surface area contributed by atoms with Crippen molar-refractivity contribution in [3.63, 3.8) is 0 Å². The Labute approximate surface area is 114 Å². The molecule has 0 radical (unpaired) electrons. The smallest absolute Gasteiger partial charge is 0.337 e. The van der Waals surface area contributed by atoms with E-state index in [9.17, 15) is 4.79 Å². The molecule has 0 fully saturated rings. The van der Waals surface area contributed by atoms with Gasteiger partial charge in [-0.2, -0.15) is 0 Å². The van der Waals surface area contributed by atoms with Crippen molar-refractivity contribution in [1.82, 2.24) is 4.57 Å². The molecule has 3 nitrogen and oxygen atoms in total. The molecule has 0 spiro atoms. The second kappa shape index (κ2) is 5.91. The molecule has 0 saturated carbocycles. The predicted molar refractivity (Wildman–Crippen MR) is 77.6 cm³/mol. The van der Waals surface area contributed by atoms with E-state index in [1.807, 2.05) is 18.2 Å². The van der Waals surface area contributed by atoms with Gasteiger partial charge in [0.1, 0.15) is 0 Å². The number of fused-ring (bicyclic) bond motifs is 1. The summed E-state index contributed by atoms with van der Waals surface area (Å²) in [6, 6.07) is 5.82. The minimum absolute atomic E-state index is 0.275. The minimum Gasteiger partial charge on any atom is -0.465 e. The summed E-state index contributed by atoms with van der Waals surface area (Å²) in [5.74, 6) is -0.275. The second-order valence-corrected chi connectivity index (χ2v) is 4.78. The first-order chi connectivity index (χ1) is 9.21. The lowest BCUT2D eigenvalue weighted by molar-refractivity contribution is 0.0601. The fourth-order valence-corrected chi connectivity index (χ4v) is 2.41. The van der Waals surface area contributed by atoms with Gasteiger partial charge in [-0.15, -0.1) is 0 Å². The normalized spacial score (nSPS) is 10.9. The molecule has 2 rings (SSSR count). The highest BCUT2D eigenvalue weighted by Gasteiger charge is 2.11. The van der Waals surface area contributed by atoms with Crippen LogP contribution in [0.15, 0.2) is 24.4 Å². The van der Waals surface area contributed by atoms with E-state index in [-0.39, 0.29) is 5.97 Å². The topological polar surface area (TPSA) is 31.2 Å². The van der Waals surface area contributed by atoms with Crippen LogP contribution in [0.5, 0.6) is 0 Å². The van der Waals surface area contributed by atoms with Gasteiger partial charge in [0, 0.05) is 23.6 Å². The van der Waals surface area contributed by atoms with Crippen molar-refractivity contribution in [1.29, 1.82) is 0 Å². The average molecular weight is 259 g/mol. The Kier molecular flexibility index (Phi) is 4.25. The van der Waals surface area contributed by atoms with Gasteiger partial charge in [0.25, 0.3) is 0 Å². The highest BCUT2D eigenvalue weighted by atomic mass is 16.5. The number of esters is 1. The molecule has 0 N–H and O–H groups in total. The number of hydrogen-bond donors (Lipinski definition) is 0. The number of aromatic nitrogens is 1. The van der Waals surface area contributed by atoms with Gasteiger partial charge in [-0.25, -0.2) is 4.79 Å². The predicted octanol–water partition coefficient (Wildman–Crippen LogP) is 3.79. The Morgan fingerprint density at radius 2 is 2.11 bits per heavy atom. The van der Waals surface area contributed by atoms with E-state index in [1.54, 1.807) is 0 Å². The molecule has 0 bridgehead atoms. The summed E-state index contributed by atoms with van der Waals surface area (Å²) < 4.78 is 7.05. The van der Waals surface area contributed by atoms with Crippen LogP contribution < -0.4 is 0 Å². The van der Waals surface area contributed by atoms with Gasteiger partial charge in [-0.1, -0.05) is 26.3 Å². The quantitative estimate of drug-likeness (QED) is 0.765. The molecule has 0 unspecified atom stereocenters. The highest BCUT2D eigenvalue weighted by molar-refractivity contribution is 5.95. The first-order valence-corrected chi connectivity index (χ1v) is 6.91. The zero-order chi connectivity index (χ0) is 13.8. The maximum Gasteiger partial charge on any atom is 0.337 e. The van der Waals surface area contributed by atoms with E-state index in [0.29, 0.717) is 5.56 Å². The van der Waals surface area contributed by atoms with Gasteiger partial charge >= 0.3 is 5.97 Å². The number of unbranched alkanes of at least 4 members (excludes halogenated alkanes) is 1. The summed E-state index contributed by atoms with van der Waals surface area (Å²) in [4.78, 5) is 11.6. The number of carbonyl (C=O) groups is 1. The van der Waals surface area contributed by atoms with Crippen LogP contribution in [-0.2, 0) is 17.7 Å². The molecular weight excluding hydrogens is 238 g/mol. The molecule has 2 aromatic rings. The highest BCUT2D eigenvalue weighted by Crippen LogP contribution is 2.24. The van der Waals surface area contributed by atoms with Crippen molar-refractivity contribution in [3.8, 4) is 0 Å². The molecule has 0 aliphatic heterocycles. The number of hydrogen-bond acceptors (Lipinski definition) is 2. The van der Waals surface area contributed by atoms with E-state index in [2.05, 4.69) is 24.6 Å². The SMILES string of the molecule is CCCCn1cc(CC)c2ccc(C(=O)OC)cc21. The third kappa shape index (κ3) is 2.65. The lowest BCUT2D eigenvalue weighted by Gasteiger charge is -2.05. The maximum absolute atomic E-state index is 11.6. The summed E-state index contributed by atoms with van der Waals surface area (Å²) in [6.07, 6.45) is 5.53. The van der Waals surface area contributed by atoms with E-state index in [1.165, 1.54) is 18.1 Å². The number of nitrogens with zero attached hydrogens (tertiary/aromatic N) is 1. The summed E-state index contributed by atoms with van der Waals surface area (Å²) in [5, 5.41) is 1.24. The Morgan fingerprint density at radius 1 is 1.32 bits per heavy atom. The summed E-state index contributed by atoms with van der Waals surface area (Å²) in [7, 11) is 1.42. The van der Waals surface area contributed by atoms with Crippen LogP contribution in [0, 0.1) is 0 Å². The summed E-state index contributed by atoms with van der Waals surface area (Å²) >= 11 is 0. The van der Waals surface area contributed by atoms with Crippen LogP contribution in [-0.4, -0.2) is 17.6 Å². The average Bonchev–Trinajstić information content (AvgIpc) is 2.81. The maximum atomic E-state index is 11.6. The molecule has 0 atom stereocenters. The molecule has 0 saturated heterocycles. The van der Waals surface area contributed by atoms with E-state index >= 15 is 0 Å². The largest absolute Gasteiger partial charge is 0.465 e. The Hall–Kier alpha value is -1.77. The number of aryl methyl sites for hydroxylation is 2. The molecule has 1 aromatic carbocycles. The Bertz CT molecular complexity index is 584. The third-order valence-corrected chi connectivity index (χ3v) is 3.52. The van der Waals surface area contributed by atoms with Gasteiger partial charge in [-0.05, 0) is 30.5 Å². The third-order valence-electron chi connectivity index (χ3n) is 3.52. The number of carbonyl (C=O) groups excluding carboxylic acids is 1. The Morgan fingerprint density at radius 3 is 2.74 bits per heavy atom. The molecule has 0 aliphatic rings. The van der Waals surface area contributed by atoms with Crippen LogP contribution >= 0.6 is 0 Å². The van der Waals surface area contributed by atoms with Crippen LogP contribution in [0.4, 0.5) is 0 Å². The first-order valence-electron chi connectivity index (χ1n) is 6.91. The first kappa shape index (κ1) is 13.7. The van der Waals surface area contributed by atoms with E-state index in [4.69, 9.17) is 4.74 Å². The second-order valence-electron chi connectivity index (χ2n) is 4.78. The van der Waals surface area contributed by atoms with Crippen molar-refractivity contribution in [2.45, 2.75) is 39.7 Å². The zero-order valence-electron chi connectivity index (χ0n) is 11.9. The minimum atomic E-state index is -0.275. The van der Waals surface area contributed by atoms with Crippen LogP contribution in [0.3, 0.4) is 0 Å². The molecule has 0 amide bonds. The van der Waals surface area contributed by atoms with Crippen LogP contribution in [0.1, 0.15) is 42.6 Å². The van der Waals surface area contributed by atoms with Crippen molar-refractivity contribution in [2.75, 3.05) is 7.11 Å². The van der Waals surface area contributed by atoms with Crippen molar-refractivity contribution >= 4 is 16.9 Å². The standard InChI is InChI=1S/C16H21NO2/c1-4-6-9-17-11-12(5-2)14-8-7-13(10-15(14)17)16(18)19-3/h7-8,10-11H,4-6,9H2,1-3H3. The molecule has 19 heavy (non-hydrogen) atoms. The van der Waals surface area contributed by atoms with Gasteiger partial charge in [0.05, 0.1) is 12.7 Å². The fourth-order valence-electron chi connectivity index (χ4n) is 2.41. The molecule has 1 aromatic heterocycles. The van der Waals surface area contributed by atoms with Crippen LogP contribution in [0.25, 0.3) is 10.9 Å². The zero-order valence-corrected chi connectivity index (χ0v) is 11.9. The molecule has 1 heterocycles. The van der Waals surface area contributed by atoms with Gasteiger partial charge in [0.15, 0.2) is 0 Å². The van der Waals surface area contributed by atoms with Crippen molar-refractivity contribution < 1.29 is 9.53 Å². The van der Waals surface area contributed by atoms with Gasteiger partial charge in [0.2, 0.25) is 0 Å². The molecular formula is C16H21NO2. The lowest BCUT2D eigenvalue weighted by atomic mass is 10.1. The Balaban J connectivity index is 2.51. The monoisotopic (exact) mass is 259 g/mol. The van der Waals surface area contributed by atoms with Crippen molar-refractivity contribution in [2.24, 2.45) is 0 Å². The fraction of sp³-hybridized carbons (Fsp3) is 0.438. The number of ether oxygens (including phenoxy) is 1. The summed E-state index contributed by atoms with van der Waals surface area (Å²) in [6.45, 7) is 5.34. The molecule has 3 heteroatoms. The lowest BCUT2D eigenvalue weighted by Crippen LogP contribution is -2.02.